The highest BCUT2D eigenvalue weighted by Crippen LogP contribution is 2.25. The number of benzene rings is 1. The highest BCUT2D eigenvalue weighted by Gasteiger charge is 2.23. The molecule has 15 heavy (non-hydrogen) atoms. The topological polar surface area (TPSA) is 69.4 Å². The summed E-state index contributed by atoms with van der Waals surface area (Å²) in [4.78, 5) is 21.5. The summed E-state index contributed by atoms with van der Waals surface area (Å²) in [5, 5.41) is 10.7. The van der Waals surface area contributed by atoms with E-state index < -0.39 is 10.9 Å². The van der Waals surface area contributed by atoms with Gasteiger partial charge in [-0.05, 0) is 25.0 Å². The van der Waals surface area contributed by atoms with E-state index in [-0.39, 0.29) is 11.3 Å². The molecule has 0 aromatic heterocycles. The molecule has 0 aliphatic heterocycles. The van der Waals surface area contributed by atoms with Crippen molar-refractivity contribution in [2.75, 3.05) is 7.11 Å². The third-order valence-corrected chi connectivity index (χ3v) is 2.30. The predicted octanol–water partition coefficient (Wildman–Crippen LogP) is 2.00. The number of esters is 1. The van der Waals surface area contributed by atoms with Crippen LogP contribution in [0.2, 0.25) is 0 Å². The first kappa shape index (κ1) is 11.2. The third kappa shape index (κ3) is 1.96. The van der Waals surface area contributed by atoms with Crippen molar-refractivity contribution >= 4 is 11.7 Å². The van der Waals surface area contributed by atoms with Crippen LogP contribution < -0.4 is 0 Å². The van der Waals surface area contributed by atoms with Gasteiger partial charge < -0.3 is 4.74 Å². The molecule has 0 N–H and O–H groups in total. The van der Waals surface area contributed by atoms with E-state index in [0.717, 1.165) is 5.56 Å². The summed E-state index contributed by atoms with van der Waals surface area (Å²) in [5.74, 6) is -0.678. The summed E-state index contributed by atoms with van der Waals surface area (Å²) in [7, 11) is 1.20. The maximum Gasteiger partial charge on any atom is 0.345 e. The predicted molar refractivity (Wildman–Crippen MR) is 53.9 cm³/mol. The van der Waals surface area contributed by atoms with E-state index in [1.807, 2.05) is 0 Å². The Bertz CT molecular complexity index is 426. The van der Waals surface area contributed by atoms with Crippen LogP contribution in [0, 0.1) is 24.0 Å². The van der Waals surface area contributed by atoms with Crippen LogP contribution >= 0.6 is 0 Å². The number of hydrogen-bond donors (Lipinski definition) is 0. The smallest absolute Gasteiger partial charge is 0.345 e. The van der Waals surface area contributed by atoms with E-state index in [4.69, 9.17) is 0 Å². The number of methoxy groups -OCH3 is 1. The van der Waals surface area contributed by atoms with Gasteiger partial charge in [0, 0.05) is 6.07 Å². The number of rotatable bonds is 2. The molecular weight excluding hydrogens is 198 g/mol. The molecule has 0 heterocycles. The fourth-order valence-corrected chi connectivity index (χ4v) is 1.31. The minimum Gasteiger partial charge on any atom is -0.465 e. The zero-order valence-electron chi connectivity index (χ0n) is 8.73. The molecule has 5 nitrogen and oxygen atoms in total. The number of carbonyl (C=O) groups excluding carboxylic acids is 1. The molecule has 1 aromatic carbocycles. The lowest BCUT2D eigenvalue weighted by Gasteiger charge is -2.06. The Kier molecular flexibility index (Phi) is 3.04. The van der Waals surface area contributed by atoms with Gasteiger partial charge in [0.25, 0.3) is 5.69 Å². The summed E-state index contributed by atoms with van der Waals surface area (Å²) >= 11 is 0. The maximum absolute atomic E-state index is 11.4. The lowest BCUT2D eigenvalue weighted by Crippen LogP contribution is -2.08. The van der Waals surface area contributed by atoms with Gasteiger partial charge in [0.2, 0.25) is 0 Å². The number of nitro benzene ring substituents is 1. The molecular formula is C10H11NO4. The van der Waals surface area contributed by atoms with E-state index in [0.29, 0.717) is 5.56 Å². The molecule has 0 atom stereocenters. The molecule has 0 amide bonds. The van der Waals surface area contributed by atoms with Crippen molar-refractivity contribution in [1.82, 2.24) is 0 Å². The fourth-order valence-electron chi connectivity index (χ4n) is 1.31. The van der Waals surface area contributed by atoms with Gasteiger partial charge in [0.1, 0.15) is 5.56 Å². The van der Waals surface area contributed by atoms with Gasteiger partial charge in [-0.1, -0.05) is 6.07 Å². The molecule has 0 fully saturated rings. The molecule has 1 aromatic rings. The maximum atomic E-state index is 11.4. The Morgan fingerprint density at radius 2 is 2.00 bits per heavy atom. The quantitative estimate of drug-likeness (QED) is 0.424. The number of aryl methyl sites for hydroxylation is 1. The standard InChI is InChI=1S/C10H11NO4/c1-6-4-5-8(11(13)14)9(7(6)2)10(12)15-3/h4-5H,1-3H3. The van der Waals surface area contributed by atoms with Gasteiger partial charge in [-0.3, -0.25) is 10.1 Å². The number of carbonyl (C=O) groups is 1. The van der Waals surface area contributed by atoms with Crippen molar-refractivity contribution in [3.63, 3.8) is 0 Å². The number of hydrogen-bond acceptors (Lipinski definition) is 4. The van der Waals surface area contributed by atoms with Crippen molar-refractivity contribution in [2.45, 2.75) is 13.8 Å². The van der Waals surface area contributed by atoms with Crippen LogP contribution in [0.25, 0.3) is 0 Å². The van der Waals surface area contributed by atoms with Crippen LogP contribution in [0.5, 0.6) is 0 Å². The van der Waals surface area contributed by atoms with Crippen molar-refractivity contribution in [3.05, 3.63) is 38.9 Å². The first-order valence-corrected chi connectivity index (χ1v) is 4.32. The monoisotopic (exact) mass is 209 g/mol. The molecule has 1 rings (SSSR count). The van der Waals surface area contributed by atoms with E-state index in [1.54, 1.807) is 19.9 Å². The van der Waals surface area contributed by atoms with Gasteiger partial charge in [0.15, 0.2) is 0 Å². The average Bonchev–Trinajstić information content (AvgIpc) is 2.20. The normalized spacial score (nSPS) is 9.80. The molecule has 0 saturated heterocycles. The first-order chi connectivity index (χ1) is 6.99. The Labute approximate surface area is 86.8 Å². The summed E-state index contributed by atoms with van der Waals surface area (Å²) in [6.45, 7) is 3.44. The Balaban J connectivity index is 3.48. The highest BCUT2D eigenvalue weighted by molar-refractivity contribution is 5.95. The van der Waals surface area contributed by atoms with Crippen LogP contribution in [0.15, 0.2) is 12.1 Å². The van der Waals surface area contributed by atoms with Gasteiger partial charge in [-0.25, -0.2) is 4.79 Å². The van der Waals surface area contributed by atoms with Crippen molar-refractivity contribution < 1.29 is 14.5 Å². The van der Waals surface area contributed by atoms with Crippen molar-refractivity contribution in [1.29, 1.82) is 0 Å². The number of nitrogens with zero attached hydrogens (tertiary/aromatic N) is 1. The Hall–Kier alpha value is -1.91. The van der Waals surface area contributed by atoms with Crippen LogP contribution in [-0.4, -0.2) is 18.0 Å². The Morgan fingerprint density at radius 3 is 2.47 bits per heavy atom. The highest BCUT2D eigenvalue weighted by atomic mass is 16.6. The zero-order chi connectivity index (χ0) is 11.6. The molecule has 0 aliphatic rings. The van der Waals surface area contributed by atoms with Crippen LogP contribution in [0.4, 0.5) is 5.69 Å². The SMILES string of the molecule is COC(=O)c1c([N+](=O)[O-])ccc(C)c1C. The molecule has 0 aliphatic carbocycles. The van der Waals surface area contributed by atoms with E-state index >= 15 is 0 Å². The number of nitro groups is 1. The fraction of sp³-hybridized carbons (Fsp3) is 0.300. The summed E-state index contributed by atoms with van der Waals surface area (Å²) in [6, 6.07) is 2.93. The van der Waals surface area contributed by atoms with E-state index in [9.17, 15) is 14.9 Å². The summed E-state index contributed by atoms with van der Waals surface area (Å²) in [5.41, 5.74) is 1.21. The van der Waals surface area contributed by atoms with Gasteiger partial charge in [-0.15, -0.1) is 0 Å². The molecule has 0 unspecified atom stereocenters. The van der Waals surface area contributed by atoms with Gasteiger partial charge >= 0.3 is 5.97 Å². The van der Waals surface area contributed by atoms with Crippen LogP contribution in [0.1, 0.15) is 21.5 Å². The second-order valence-electron chi connectivity index (χ2n) is 3.15. The molecule has 0 saturated carbocycles. The lowest BCUT2D eigenvalue weighted by molar-refractivity contribution is -0.385. The first-order valence-electron chi connectivity index (χ1n) is 4.32. The number of ether oxygens (including phenoxy) is 1. The summed E-state index contributed by atoms with van der Waals surface area (Å²) < 4.78 is 4.52. The minimum atomic E-state index is -0.678. The van der Waals surface area contributed by atoms with Gasteiger partial charge in [0.05, 0.1) is 12.0 Å². The van der Waals surface area contributed by atoms with Crippen LogP contribution in [0.3, 0.4) is 0 Å². The zero-order valence-corrected chi connectivity index (χ0v) is 8.73. The van der Waals surface area contributed by atoms with Crippen LogP contribution in [-0.2, 0) is 4.74 Å². The van der Waals surface area contributed by atoms with E-state index in [1.165, 1.54) is 13.2 Å². The van der Waals surface area contributed by atoms with E-state index in [2.05, 4.69) is 4.74 Å². The van der Waals surface area contributed by atoms with Crippen molar-refractivity contribution in [2.24, 2.45) is 0 Å². The van der Waals surface area contributed by atoms with Crippen molar-refractivity contribution in [3.8, 4) is 0 Å². The molecule has 0 radical (unpaired) electrons. The molecule has 80 valence electrons. The average molecular weight is 209 g/mol. The second kappa shape index (κ2) is 4.08. The second-order valence-corrected chi connectivity index (χ2v) is 3.15. The molecule has 0 spiro atoms. The molecule has 5 heteroatoms. The van der Waals surface area contributed by atoms with Gasteiger partial charge in [-0.2, -0.15) is 0 Å². The lowest BCUT2D eigenvalue weighted by atomic mass is 10.0. The largest absolute Gasteiger partial charge is 0.465 e. The summed E-state index contributed by atoms with van der Waals surface area (Å²) in [6.07, 6.45) is 0. The minimum absolute atomic E-state index is 0.0301. The Morgan fingerprint density at radius 1 is 1.40 bits per heavy atom. The third-order valence-electron chi connectivity index (χ3n) is 2.30. The molecule has 0 bridgehead atoms.